The molecule has 2 amide bonds. The van der Waals surface area contributed by atoms with Gasteiger partial charge in [0.15, 0.2) is 0 Å². The third-order valence-electron chi connectivity index (χ3n) is 7.33. The summed E-state index contributed by atoms with van der Waals surface area (Å²) in [6.07, 6.45) is 7.43. The van der Waals surface area contributed by atoms with Crippen LogP contribution in [-0.2, 0) is 27.8 Å². The summed E-state index contributed by atoms with van der Waals surface area (Å²) < 4.78 is 27.6. The number of rotatable bonds is 15. The maximum absolute atomic E-state index is 12.6. The molecule has 1 aromatic heterocycles. The zero-order valence-electron chi connectivity index (χ0n) is 25.2. The molecule has 0 saturated carbocycles. The Kier molecular flexibility index (Phi) is 10.9. The number of aromatic nitrogens is 2. The number of hydrogen-bond donors (Lipinski definition) is 3. The monoisotopic (exact) mass is 603 g/mol. The summed E-state index contributed by atoms with van der Waals surface area (Å²) in [5.41, 5.74) is 5.96. The SMILES string of the molecule is CCCCc1nc2cc(NCCCCCC(=O)NC)ccc2n1Cc1ccc(-c2ccccc2C(=O)NS(C)(=O)=O)cc1. The molecule has 0 aliphatic carbocycles. The Balaban J connectivity index is 1.49. The highest BCUT2D eigenvalue weighted by molar-refractivity contribution is 7.89. The van der Waals surface area contributed by atoms with Gasteiger partial charge < -0.3 is 15.2 Å². The van der Waals surface area contributed by atoms with E-state index in [9.17, 15) is 18.0 Å². The van der Waals surface area contributed by atoms with Crippen molar-refractivity contribution in [3.05, 3.63) is 83.7 Å². The lowest BCUT2D eigenvalue weighted by Gasteiger charge is -2.12. The summed E-state index contributed by atoms with van der Waals surface area (Å²) in [5.74, 6) is 0.489. The molecule has 0 aliphatic heterocycles. The zero-order chi connectivity index (χ0) is 30.8. The maximum Gasteiger partial charge on any atom is 0.265 e. The first kappa shape index (κ1) is 31.7. The van der Waals surface area contributed by atoms with Crippen molar-refractivity contribution < 1.29 is 18.0 Å². The fourth-order valence-corrected chi connectivity index (χ4v) is 5.51. The summed E-state index contributed by atoms with van der Waals surface area (Å²) in [5, 5.41) is 6.16. The van der Waals surface area contributed by atoms with Gasteiger partial charge in [0.25, 0.3) is 5.91 Å². The Bertz CT molecular complexity index is 1660. The fourth-order valence-electron chi connectivity index (χ4n) is 5.07. The number of unbranched alkanes of at least 4 members (excludes halogenated alkanes) is 3. The Morgan fingerprint density at radius 2 is 1.70 bits per heavy atom. The van der Waals surface area contributed by atoms with Gasteiger partial charge in [-0.15, -0.1) is 0 Å². The molecule has 0 atom stereocenters. The minimum Gasteiger partial charge on any atom is -0.385 e. The molecule has 0 aliphatic rings. The minimum absolute atomic E-state index is 0.0881. The van der Waals surface area contributed by atoms with Crippen LogP contribution in [0, 0.1) is 0 Å². The Morgan fingerprint density at radius 1 is 0.930 bits per heavy atom. The second kappa shape index (κ2) is 14.8. The predicted octanol–water partition coefficient (Wildman–Crippen LogP) is 5.50. The van der Waals surface area contributed by atoms with Crippen LogP contribution in [0.5, 0.6) is 0 Å². The number of anilines is 1. The summed E-state index contributed by atoms with van der Waals surface area (Å²) in [4.78, 5) is 29.0. The normalized spacial score (nSPS) is 11.4. The van der Waals surface area contributed by atoms with Crippen molar-refractivity contribution in [1.29, 1.82) is 0 Å². The molecule has 0 bridgehead atoms. The predicted molar refractivity (Wildman–Crippen MR) is 173 cm³/mol. The number of carbonyl (C=O) groups is 2. The van der Waals surface area contributed by atoms with E-state index in [0.717, 1.165) is 85.0 Å². The van der Waals surface area contributed by atoms with E-state index in [-0.39, 0.29) is 5.91 Å². The van der Waals surface area contributed by atoms with E-state index >= 15 is 0 Å². The van der Waals surface area contributed by atoms with Gasteiger partial charge in [-0.2, -0.15) is 0 Å². The minimum atomic E-state index is -3.67. The third-order valence-corrected chi connectivity index (χ3v) is 7.88. The van der Waals surface area contributed by atoms with Gasteiger partial charge in [-0.3, -0.25) is 9.59 Å². The molecule has 1 heterocycles. The van der Waals surface area contributed by atoms with E-state index < -0.39 is 15.9 Å². The van der Waals surface area contributed by atoms with Gasteiger partial charge in [0, 0.05) is 44.2 Å². The number of benzene rings is 3. The van der Waals surface area contributed by atoms with Crippen LogP contribution in [0.3, 0.4) is 0 Å². The highest BCUT2D eigenvalue weighted by atomic mass is 32.2. The van der Waals surface area contributed by atoms with Crippen LogP contribution in [0.1, 0.15) is 67.2 Å². The van der Waals surface area contributed by atoms with Gasteiger partial charge in [0.1, 0.15) is 5.82 Å². The molecule has 3 N–H and O–H groups in total. The lowest BCUT2D eigenvalue weighted by atomic mass is 9.98. The summed E-state index contributed by atoms with van der Waals surface area (Å²) in [6, 6.07) is 21.3. The number of carbonyl (C=O) groups excluding carboxylic acids is 2. The third kappa shape index (κ3) is 8.90. The molecule has 0 fully saturated rings. The lowest BCUT2D eigenvalue weighted by Crippen LogP contribution is -2.29. The van der Waals surface area contributed by atoms with Crippen molar-refractivity contribution >= 4 is 38.6 Å². The van der Waals surface area contributed by atoms with Crippen molar-refractivity contribution in [3.63, 3.8) is 0 Å². The van der Waals surface area contributed by atoms with E-state index in [1.54, 1.807) is 19.2 Å². The number of amides is 2. The van der Waals surface area contributed by atoms with Crippen molar-refractivity contribution in [2.45, 2.75) is 58.4 Å². The van der Waals surface area contributed by atoms with Gasteiger partial charge >= 0.3 is 0 Å². The van der Waals surface area contributed by atoms with Crippen LogP contribution in [0.2, 0.25) is 0 Å². The molecule has 228 valence electrons. The second-order valence-corrected chi connectivity index (χ2v) is 12.5. The van der Waals surface area contributed by atoms with Crippen LogP contribution in [-0.4, -0.2) is 49.6 Å². The van der Waals surface area contributed by atoms with Crippen molar-refractivity contribution in [2.75, 3.05) is 25.2 Å². The highest BCUT2D eigenvalue weighted by Crippen LogP contribution is 2.27. The number of aryl methyl sites for hydroxylation is 1. The first-order chi connectivity index (χ1) is 20.7. The van der Waals surface area contributed by atoms with E-state index in [4.69, 9.17) is 4.98 Å². The molecule has 0 saturated heterocycles. The molecule has 0 spiro atoms. The number of imidazole rings is 1. The van der Waals surface area contributed by atoms with Crippen LogP contribution in [0.15, 0.2) is 66.7 Å². The van der Waals surface area contributed by atoms with Crippen molar-refractivity contribution in [3.8, 4) is 11.1 Å². The molecule has 3 aromatic carbocycles. The molecule has 10 heteroatoms. The topological polar surface area (TPSA) is 122 Å². The van der Waals surface area contributed by atoms with E-state index in [2.05, 4.69) is 45.0 Å². The number of sulfonamides is 1. The molecule has 0 unspecified atom stereocenters. The Morgan fingerprint density at radius 3 is 2.42 bits per heavy atom. The van der Waals surface area contributed by atoms with Crippen LogP contribution in [0.25, 0.3) is 22.2 Å². The fraction of sp³-hybridized carbons (Fsp3) is 0.364. The Hall–Kier alpha value is -4.18. The van der Waals surface area contributed by atoms with Crippen LogP contribution in [0.4, 0.5) is 5.69 Å². The maximum atomic E-state index is 12.6. The molecule has 4 aromatic rings. The van der Waals surface area contributed by atoms with Crippen molar-refractivity contribution in [2.24, 2.45) is 0 Å². The molecule has 4 rings (SSSR count). The smallest absolute Gasteiger partial charge is 0.265 e. The molecule has 0 radical (unpaired) electrons. The van der Waals surface area contributed by atoms with Gasteiger partial charge in [0.05, 0.1) is 17.3 Å². The molecule has 43 heavy (non-hydrogen) atoms. The summed E-state index contributed by atoms with van der Waals surface area (Å²) in [6.45, 7) is 3.68. The van der Waals surface area contributed by atoms with Gasteiger partial charge in [-0.25, -0.2) is 18.1 Å². The van der Waals surface area contributed by atoms with E-state index in [0.29, 0.717) is 24.1 Å². The van der Waals surface area contributed by atoms with Crippen molar-refractivity contribution in [1.82, 2.24) is 19.6 Å². The molecule has 9 nitrogen and oxygen atoms in total. The first-order valence-corrected chi connectivity index (χ1v) is 16.7. The highest BCUT2D eigenvalue weighted by Gasteiger charge is 2.16. The van der Waals surface area contributed by atoms with Gasteiger partial charge in [-0.1, -0.05) is 62.2 Å². The quantitative estimate of drug-likeness (QED) is 0.154. The first-order valence-electron chi connectivity index (χ1n) is 14.8. The van der Waals surface area contributed by atoms with E-state index in [1.165, 1.54) is 0 Å². The number of hydrogen-bond acceptors (Lipinski definition) is 6. The van der Waals surface area contributed by atoms with Gasteiger partial charge in [-0.05, 0) is 60.2 Å². The molecular formula is C33H41N5O4S. The summed E-state index contributed by atoms with van der Waals surface area (Å²) in [7, 11) is -2.01. The number of fused-ring (bicyclic) bond motifs is 1. The number of nitrogens with one attached hydrogen (secondary N) is 3. The average molecular weight is 604 g/mol. The van der Waals surface area contributed by atoms with Gasteiger partial charge in [0.2, 0.25) is 15.9 Å². The average Bonchev–Trinajstić information content (AvgIpc) is 3.33. The largest absolute Gasteiger partial charge is 0.385 e. The van der Waals surface area contributed by atoms with Crippen LogP contribution < -0.4 is 15.4 Å². The standard InChI is InChI=1S/C33H41N5O4S/c1-4-5-13-31-36-29-22-26(35-21-10-6-7-14-32(39)34-2)19-20-30(29)38(31)23-24-15-17-25(18-16-24)27-11-8-9-12-28(27)33(40)37-43(3,41)42/h8-9,11-12,15-20,22,35H,4-7,10,13-14,21,23H2,1-3H3,(H,34,39)(H,37,40). The second-order valence-electron chi connectivity index (χ2n) is 10.8. The molecular weight excluding hydrogens is 562 g/mol. The number of nitrogens with zero attached hydrogens (tertiary/aromatic N) is 2. The Labute approximate surface area is 254 Å². The van der Waals surface area contributed by atoms with Crippen LogP contribution >= 0.6 is 0 Å². The lowest BCUT2D eigenvalue weighted by molar-refractivity contribution is -0.120. The van der Waals surface area contributed by atoms with E-state index in [1.807, 2.05) is 36.4 Å². The zero-order valence-corrected chi connectivity index (χ0v) is 26.0. The summed E-state index contributed by atoms with van der Waals surface area (Å²) >= 11 is 0.